The number of β-lactam (4-membered cyclic amide) rings is 1. The first-order chi connectivity index (χ1) is 16.0. The first kappa shape index (κ1) is 24.5. The number of nitrogens with one attached hydrogen (secondary N) is 2. The van der Waals surface area contributed by atoms with Gasteiger partial charge >= 0.3 is 11.9 Å². The van der Waals surface area contributed by atoms with Crippen molar-refractivity contribution in [3.63, 3.8) is 0 Å². The number of aliphatic carboxylic acids is 1. The number of halogens is 1. The predicted octanol–water partition coefficient (Wildman–Crippen LogP) is 1.59. The van der Waals surface area contributed by atoms with E-state index in [1.165, 1.54) is 41.8 Å². The molecule has 0 bridgehead atoms. The van der Waals surface area contributed by atoms with Crippen LogP contribution in [0, 0.1) is 11.8 Å². The van der Waals surface area contributed by atoms with Gasteiger partial charge in [-0.2, -0.15) is 0 Å². The highest BCUT2D eigenvalue weighted by atomic mass is 35.5. The molecule has 1 aromatic rings. The molecule has 0 saturated carbocycles. The quantitative estimate of drug-likeness (QED) is 0.344. The van der Waals surface area contributed by atoms with Crippen LogP contribution in [0.5, 0.6) is 0 Å². The standard InChI is InChI=1S/C22H24ClN3O7S/c1-8-16-15(9(2)27)20(29)26(16)17(22(32)33)18(8)34-11-6-14(24-7-11)19(28)25-10-3-4-13(23)12(5-10)21(30)31/h3-5,8-9,11,14-16,24,27H,6-7H2,1-2H3,(H,25,28)(H,30,31)(H,32,33). The number of benzene rings is 1. The number of carboxylic acid groups (broad SMARTS) is 2. The Hall–Kier alpha value is -2.60. The third kappa shape index (κ3) is 4.17. The molecule has 2 saturated heterocycles. The van der Waals surface area contributed by atoms with Gasteiger partial charge in [-0.05, 0) is 31.5 Å². The number of fused-ring (bicyclic) bond motifs is 1. The molecule has 2 amide bonds. The lowest BCUT2D eigenvalue weighted by molar-refractivity contribution is -0.163. The van der Waals surface area contributed by atoms with Crippen LogP contribution in [0.3, 0.4) is 0 Å². The second kappa shape index (κ2) is 9.21. The summed E-state index contributed by atoms with van der Waals surface area (Å²) in [6.45, 7) is 3.83. The Balaban J connectivity index is 1.44. The van der Waals surface area contributed by atoms with Crippen molar-refractivity contribution in [3.05, 3.63) is 39.4 Å². The fourth-order valence-electron chi connectivity index (χ4n) is 4.85. The normalized spacial score (nSPS) is 29.0. The number of hydrogen-bond acceptors (Lipinski definition) is 7. The minimum atomic E-state index is -1.20. The van der Waals surface area contributed by atoms with Gasteiger partial charge in [-0.15, -0.1) is 11.8 Å². The SMILES string of the molecule is CC(O)C1C(=O)N2C(C(=O)O)=C(SC3CNC(C(=O)Nc4ccc(Cl)c(C(=O)O)c4)C3)C(C)C12. The van der Waals surface area contributed by atoms with Gasteiger partial charge < -0.3 is 30.9 Å². The van der Waals surface area contributed by atoms with Gasteiger partial charge in [0.25, 0.3) is 0 Å². The van der Waals surface area contributed by atoms with E-state index in [-0.39, 0.29) is 45.3 Å². The van der Waals surface area contributed by atoms with Crippen molar-refractivity contribution in [2.24, 2.45) is 11.8 Å². The molecule has 2 fully saturated rings. The maximum atomic E-state index is 12.7. The van der Waals surface area contributed by atoms with E-state index in [0.717, 1.165) is 0 Å². The molecule has 6 atom stereocenters. The highest BCUT2D eigenvalue weighted by Gasteiger charge is 2.60. The van der Waals surface area contributed by atoms with E-state index in [0.29, 0.717) is 23.6 Å². The maximum absolute atomic E-state index is 12.7. The fourth-order valence-corrected chi connectivity index (χ4v) is 6.52. The van der Waals surface area contributed by atoms with Crippen molar-refractivity contribution in [1.82, 2.24) is 10.2 Å². The molecule has 4 rings (SSSR count). The van der Waals surface area contributed by atoms with Crippen LogP contribution in [0.25, 0.3) is 0 Å². The number of carbonyl (C=O) groups excluding carboxylic acids is 2. The summed E-state index contributed by atoms with van der Waals surface area (Å²) in [5.41, 5.74) is 0.141. The number of anilines is 1. The average Bonchev–Trinajstić information content (AvgIpc) is 3.31. The molecule has 3 aliphatic rings. The van der Waals surface area contributed by atoms with Crippen molar-refractivity contribution < 1.29 is 34.5 Å². The van der Waals surface area contributed by atoms with E-state index in [9.17, 15) is 34.5 Å². The smallest absolute Gasteiger partial charge is 0.353 e. The molecule has 0 aromatic heterocycles. The summed E-state index contributed by atoms with van der Waals surface area (Å²) in [7, 11) is 0. The molecular weight excluding hydrogens is 486 g/mol. The molecule has 0 aliphatic carbocycles. The number of aliphatic hydroxyl groups excluding tert-OH is 1. The molecular formula is C22H24ClN3O7S. The summed E-state index contributed by atoms with van der Waals surface area (Å²) in [6, 6.07) is 3.25. The summed E-state index contributed by atoms with van der Waals surface area (Å²) >= 11 is 7.21. The number of aliphatic hydroxyl groups is 1. The van der Waals surface area contributed by atoms with Gasteiger partial charge in [0.1, 0.15) is 5.70 Å². The molecule has 5 N–H and O–H groups in total. The second-order valence-corrected chi connectivity index (χ2v) is 10.4. The van der Waals surface area contributed by atoms with Crippen LogP contribution in [0.4, 0.5) is 5.69 Å². The summed E-state index contributed by atoms with van der Waals surface area (Å²) in [5, 5.41) is 34.7. The summed E-state index contributed by atoms with van der Waals surface area (Å²) in [6.07, 6.45) is -0.455. The number of hydrogen-bond donors (Lipinski definition) is 5. The second-order valence-electron chi connectivity index (χ2n) is 8.70. The van der Waals surface area contributed by atoms with Gasteiger partial charge in [-0.25, -0.2) is 9.59 Å². The first-order valence-corrected chi connectivity index (χ1v) is 12.0. The average molecular weight is 510 g/mol. The number of thioether (sulfide) groups is 1. The zero-order chi connectivity index (χ0) is 24.9. The van der Waals surface area contributed by atoms with Gasteiger partial charge in [0.05, 0.1) is 34.7 Å². The van der Waals surface area contributed by atoms with Crippen molar-refractivity contribution in [1.29, 1.82) is 0 Å². The van der Waals surface area contributed by atoms with Crippen LogP contribution in [-0.4, -0.2) is 74.0 Å². The Labute approximate surface area is 204 Å². The summed E-state index contributed by atoms with van der Waals surface area (Å²) in [5.74, 6) is -3.99. The highest BCUT2D eigenvalue weighted by molar-refractivity contribution is 8.03. The van der Waals surface area contributed by atoms with Gasteiger partial charge in [-0.3, -0.25) is 9.59 Å². The first-order valence-electron chi connectivity index (χ1n) is 10.7. The lowest BCUT2D eigenvalue weighted by Gasteiger charge is -2.46. The predicted molar refractivity (Wildman–Crippen MR) is 124 cm³/mol. The Bertz CT molecular complexity index is 1110. The van der Waals surface area contributed by atoms with Gasteiger partial charge in [0.15, 0.2) is 0 Å². The topological polar surface area (TPSA) is 156 Å². The van der Waals surface area contributed by atoms with E-state index < -0.39 is 30.0 Å². The van der Waals surface area contributed by atoms with Gasteiger partial charge in [0.2, 0.25) is 11.8 Å². The van der Waals surface area contributed by atoms with E-state index >= 15 is 0 Å². The van der Waals surface area contributed by atoms with Crippen LogP contribution in [0.1, 0.15) is 30.6 Å². The van der Waals surface area contributed by atoms with Crippen molar-refractivity contribution in [3.8, 4) is 0 Å². The van der Waals surface area contributed by atoms with Crippen LogP contribution in [-0.2, 0) is 14.4 Å². The van der Waals surface area contributed by atoms with Crippen molar-refractivity contribution >= 4 is 52.8 Å². The maximum Gasteiger partial charge on any atom is 0.353 e. The summed E-state index contributed by atoms with van der Waals surface area (Å²) in [4.78, 5) is 50.3. The molecule has 3 aliphatic heterocycles. The third-order valence-electron chi connectivity index (χ3n) is 6.48. The minimum absolute atomic E-state index is 0.0420. The van der Waals surface area contributed by atoms with Gasteiger partial charge in [0, 0.05) is 28.3 Å². The molecule has 0 radical (unpaired) electrons. The number of nitrogens with zero attached hydrogens (tertiary/aromatic N) is 1. The number of aromatic carboxylic acids is 1. The highest BCUT2D eigenvalue weighted by Crippen LogP contribution is 2.51. The molecule has 34 heavy (non-hydrogen) atoms. The number of carboxylic acids is 2. The lowest BCUT2D eigenvalue weighted by Crippen LogP contribution is -2.63. The Morgan fingerprint density at radius 2 is 1.97 bits per heavy atom. The molecule has 3 heterocycles. The number of carbonyl (C=O) groups is 4. The van der Waals surface area contributed by atoms with Crippen LogP contribution >= 0.6 is 23.4 Å². The molecule has 12 heteroatoms. The largest absolute Gasteiger partial charge is 0.478 e. The Morgan fingerprint density at radius 1 is 1.26 bits per heavy atom. The third-order valence-corrected chi connectivity index (χ3v) is 8.32. The van der Waals surface area contributed by atoms with E-state index in [1.807, 2.05) is 6.92 Å². The molecule has 0 spiro atoms. The van der Waals surface area contributed by atoms with Crippen LogP contribution < -0.4 is 10.6 Å². The Morgan fingerprint density at radius 3 is 2.59 bits per heavy atom. The van der Waals surface area contributed by atoms with Gasteiger partial charge in [-0.1, -0.05) is 18.5 Å². The monoisotopic (exact) mass is 509 g/mol. The van der Waals surface area contributed by atoms with Crippen LogP contribution in [0.15, 0.2) is 28.8 Å². The number of rotatable bonds is 7. The van der Waals surface area contributed by atoms with Crippen molar-refractivity contribution in [2.45, 2.75) is 43.7 Å². The Kier molecular flexibility index (Phi) is 6.65. The molecule has 10 nitrogen and oxygen atoms in total. The molecule has 6 unspecified atom stereocenters. The number of amides is 2. The minimum Gasteiger partial charge on any atom is -0.478 e. The molecule has 182 valence electrons. The zero-order valence-corrected chi connectivity index (χ0v) is 19.9. The van der Waals surface area contributed by atoms with Crippen molar-refractivity contribution in [2.75, 3.05) is 11.9 Å². The van der Waals surface area contributed by atoms with E-state index in [4.69, 9.17) is 11.6 Å². The fraction of sp³-hybridized carbons (Fsp3) is 0.455. The summed E-state index contributed by atoms with van der Waals surface area (Å²) < 4.78 is 0. The molecule has 1 aromatic carbocycles. The van der Waals surface area contributed by atoms with Crippen LogP contribution in [0.2, 0.25) is 5.02 Å². The van der Waals surface area contributed by atoms with E-state index in [1.54, 1.807) is 0 Å². The van der Waals surface area contributed by atoms with E-state index in [2.05, 4.69) is 10.6 Å². The lowest BCUT2D eigenvalue weighted by atomic mass is 9.79. The zero-order valence-electron chi connectivity index (χ0n) is 18.3.